The van der Waals surface area contributed by atoms with Crippen LogP contribution in [0.15, 0.2) is 18.6 Å². The molecule has 1 unspecified atom stereocenters. The number of anilines is 1. The lowest BCUT2D eigenvalue weighted by Crippen LogP contribution is -2.28. The summed E-state index contributed by atoms with van der Waals surface area (Å²) >= 11 is 1.12. The molecule has 150 valence electrons. The number of carbonyl (C=O) groups is 2. The Hall–Kier alpha value is -2.22. The van der Waals surface area contributed by atoms with E-state index in [0.29, 0.717) is 15.9 Å². The van der Waals surface area contributed by atoms with Crippen molar-refractivity contribution >= 4 is 28.3 Å². The number of esters is 1. The normalized spacial score (nSPS) is 18.2. The Bertz CT molecular complexity index is 836. The van der Waals surface area contributed by atoms with Crippen molar-refractivity contribution in [3.63, 3.8) is 0 Å². The van der Waals surface area contributed by atoms with Crippen LogP contribution in [0.25, 0.3) is 0 Å². The minimum Gasteiger partial charge on any atom is -0.465 e. The first kappa shape index (κ1) is 19.1. The molecule has 2 aromatic rings. The summed E-state index contributed by atoms with van der Waals surface area (Å²) in [5, 5.41) is 7.80. The first-order valence-electron chi connectivity index (χ1n) is 10.0. The zero-order valence-electron chi connectivity index (χ0n) is 16.1. The van der Waals surface area contributed by atoms with Gasteiger partial charge in [0.15, 0.2) is 5.13 Å². The third-order valence-corrected chi connectivity index (χ3v) is 6.54. The minimum absolute atomic E-state index is 0.126. The third kappa shape index (κ3) is 4.60. The maximum atomic E-state index is 13.1. The quantitative estimate of drug-likeness (QED) is 0.678. The van der Waals surface area contributed by atoms with E-state index >= 15 is 0 Å². The van der Waals surface area contributed by atoms with Crippen LogP contribution >= 0.6 is 11.3 Å². The van der Waals surface area contributed by atoms with Gasteiger partial charge >= 0.3 is 5.97 Å². The SMILES string of the molecule is COC(=O)c1cnc(NC(=O)C(CC2CCCC2)n2cc(CC3CC3)cn2)s1. The maximum Gasteiger partial charge on any atom is 0.349 e. The predicted octanol–water partition coefficient (Wildman–Crippen LogP) is 3.84. The van der Waals surface area contributed by atoms with Crippen molar-refractivity contribution in [2.24, 2.45) is 11.8 Å². The molecule has 1 amide bonds. The highest BCUT2D eigenvalue weighted by atomic mass is 32.1. The van der Waals surface area contributed by atoms with Crippen molar-refractivity contribution in [2.75, 3.05) is 12.4 Å². The number of hydrogen-bond donors (Lipinski definition) is 1. The average molecular weight is 403 g/mol. The lowest BCUT2D eigenvalue weighted by Gasteiger charge is -2.20. The van der Waals surface area contributed by atoms with Crippen LogP contribution in [0, 0.1) is 11.8 Å². The van der Waals surface area contributed by atoms with Crippen LogP contribution in [0.2, 0.25) is 0 Å². The van der Waals surface area contributed by atoms with E-state index in [0.717, 1.165) is 30.1 Å². The van der Waals surface area contributed by atoms with Crippen molar-refractivity contribution in [1.82, 2.24) is 14.8 Å². The highest BCUT2D eigenvalue weighted by molar-refractivity contribution is 7.17. The molecule has 4 rings (SSSR count). The van der Waals surface area contributed by atoms with Gasteiger partial charge in [-0.15, -0.1) is 0 Å². The number of hydrogen-bond acceptors (Lipinski definition) is 6. The smallest absolute Gasteiger partial charge is 0.349 e. The Morgan fingerprint density at radius 2 is 2.04 bits per heavy atom. The number of ether oxygens (including phenoxy) is 1. The molecule has 0 saturated heterocycles. The van der Waals surface area contributed by atoms with E-state index in [1.165, 1.54) is 57.4 Å². The van der Waals surface area contributed by atoms with E-state index in [4.69, 9.17) is 4.74 Å². The molecule has 2 aliphatic rings. The Labute approximate surface area is 168 Å². The van der Waals surface area contributed by atoms with Crippen LogP contribution in [0.1, 0.15) is 66.2 Å². The zero-order valence-corrected chi connectivity index (χ0v) is 16.9. The summed E-state index contributed by atoms with van der Waals surface area (Å²) in [4.78, 5) is 29.2. The maximum absolute atomic E-state index is 13.1. The van der Waals surface area contributed by atoms with Gasteiger partial charge in [-0.3, -0.25) is 9.48 Å². The van der Waals surface area contributed by atoms with E-state index in [1.54, 1.807) is 0 Å². The van der Waals surface area contributed by atoms with E-state index in [-0.39, 0.29) is 11.9 Å². The van der Waals surface area contributed by atoms with Crippen LogP contribution in [0.4, 0.5) is 5.13 Å². The van der Waals surface area contributed by atoms with Crippen LogP contribution < -0.4 is 5.32 Å². The number of carbonyl (C=O) groups excluding carboxylic acids is 2. The zero-order chi connectivity index (χ0) is 19.5. The number of nitrogens with one attached hydrogen (secondary N) is 1. The minimum atomic E-state index is -0.447. The van der Waals surface area contributed by atoms with Gasteiger partial charge in [0.25, 0.3) is 5.91 Å². The number of nitrogens with zero attached hydrogens (tertiary/aromatic N) is 3. The molecule has 0 bridgehead atoms. The van der Waals surface area contributed by atoms with Gasteiger partial charge < -0.3 is 10.1 Å². The monoisotopic (exact) mass is 402 g/mol. The summed E-state index contributed by atoms with van der Waals surface area (Å²) in [6.07, 6.45) is 14.6. The fourth-order valence-electron chi connectivity index (χ4n) is 3.92. The first-order valence-corrected chi connectivity index (χ1v) is 10.8. The number of aromatic nitrogens is 3. The van der Waals surface area contributed by atoms with E-state index < -0.39 is 5.97 Å². The van der Waals surface area contributed by atoms with Gasteiger partial charge in [0.05, 0.1) is 19.5 Å². The van der Waals surface area contributed by atoms with Gasteiger partial charge in [-0.25, -0.2) is 9.78 Å². The molecule has 1 atom stereocenters. The van der Waals surface area contributed by atoms with Gasteiger partial charge in [0.2, 0.25) is 0 Å². The second-order valence-electron chi connectivity index (χ2n) is 7.89. The second-order valence-corrected chi connectivity index (χ2v) is 8.92. The fourth-order valence-corrected chi connectivity index (χ4v) is 4.66. The highest BCUT2D eigenvalue weighted by Gasteiger charge is 2.29. The number of methoxy groups -OCH3 is 1. The Morgan fingerprint density at radius 3 is 2.75 bits per heavy atom. The van der Waals surface area contributed by atoms with Crippen molar-refractivity contribution in [3.8, 4) is 0 Å². The standard InChI is InChI=1S/C20H26N4O3S/c1-27-19(26)17-11-21-20(28-17)23-18(25)16(9-13-4-2-3-5-13)24-12-15(10-22-24)8-14-6-7-14/h10-14,16H,2-9H2,1H3,(H,21,23,25). The molecule has 2 fully saturated rings. The number of thiazole rings is 1. The van der Waals surface area contributed by atoms with Gasteiger partial charge in [-0.1, -0.05) is 37.0 Å². The summed E-state index contributed by atoms with van der Waals surface area (Å²) in [5.74, 6) is 0.761. The third-order valence-electron chi connectivity index (χ3n) is 5.65. The predicted molar refractivity (Wildman–Crippen MR) is 106 cm³/mol. The molecule has 2 heterocycles. The van der Waals surface area contributed by atoms with Crippen molar-refractivity contribution in [1.29, 1.82) is 0 Å². The molecule has 2 aromatic heterocycles. The van der Waals surface area contributed by atoms with Gasteiger partial charge in [0.1, 0.15) is 10.9 Å². The van der Waals surface area contributed by atoms with Crippen LogP contribution in [0.5, 0.6) is 0 Å². The second kappa shape index (κ2) is 8.43. The van der Waals surface area contributed by atoms with Crippen molar-refractivity contribution in [2.45, 2.75) is 57.4 Å². The Morgan fingerprint density at radius 1 is 1.25 bits per heavy atom. The van der Waals surface area contributed by atoms with Crippen molar-refractivity contribution < 1.29 is 14.3 Å². The topological polar surface area (TPSA) is 86.1 Å². The molecule has 0 radical (unpaired) electrons. The average Bonchev–Trinajstić information content (AvgIpc) is 3.11. The molecule has 0 aromatic carbocycles. The van der Waals surface area contributed by atoms with E-state index in [2.05, 4.69) is 15.4 Å². The lowest BCUT2D eigenvalue weighted by molar-refractivity contribution is -0.120. The molecular weight excluding hydrogens is 376 g/mol. The van der Waals surface area contributed by atoms with Crippen molar-refractivity contribution in [3.05, 3.63) is 29.0 Å². The van der Waals surface area contributed by atoms with Crippen LogP contribution in [-0.4, -0.2) is 33.8 Å². The largest absolute Gasteiger partial charge is 0.465 e. The molecule has 7 nitrogen and oxygen atoms in total. The molecule has 2 aliphatic carbocycles. The molecule has 2 saturated carbocycles. The molecule has 0 aliphatic heterocycles. The Kier molecular flexibility index (Phi) is 5.75. The van der Waals surface area contributed by atoms with Crippen LogP contribution in [-0.2, 0) is 16.0 Å². The van der Waals surface area contributed by atoms with E-state index in [1.807, 2.05) is 17.1 Å². The summed E-state index contributed by atoms with van der Waals surface area (Å²) in [5.41, 5.74) is 1.20. The van der Waals surface area contributed by atoms with E-state index in [9.17, 15) is 9.59 Å². The summed E-state index contributed by atoms with van der Waals surface area (Å²) in [6.45, 7) is 0. The summed E-state index contributed by atoms with van der Waals surface area (Å²) < 4.78 is 6.52. The van der Waals surface area contributed by atoms with Crippen LogP contribution in [0.3, 0.4) is 0 Å². The highest BCUT2D eigenvalue weighted by Crippen LogP contribution is 2.34. The summed E-state index contributed by atoms with van der Waals surface area (Å²) in [7, 11) is 1.33. The first-order chi connectivity index (χ1) is 13.6. The molecule has 28 heavy (non-hydrogen) atoms. The van der Waals surface area contributed by atoms with Gasteiger partial charge in [0, 0.05) is 6.20 Å². The van der Waals surface area contributed by atoms with Gasteiger partial charge in [-0.05, 0) is 43.1 Å². The molecule has 0 spiro atoms. The number of amides is 1. The number of rotatable bonds is 8. The lowest BCUT2D eigenvalue weighted by atomic mass is 9.98. The van der Waals surface area contributed by atoms with Gasteiger partial charge in [-0.2, -0.15) is 5.10 Å². The fraction of sp³-hybridized carbons (Fsp3) is 0.600. The summed E-state index contributed by atoms with van der Waals surface area (Å²) in [6, 6.07) is -0.360. The molecule has 8 heteroatoms. The molecular formula is C20H26N4O3S. The molecule has 1 N–H and O–H groups in total. The Balaban J connectivity index is 1.48.